The van der Waals surface area contributed by atoms with Crippen molar-refractivity contribution in [3.8, 4) is 0 Å². The third kappa shape index (κ3) is 3.05. The van der Waals surface area contributed by atoms with Gasteiger partial charge in [0.2, 0.25) is 5.95 Å². The minimum Gasteiger partial charge on any atom is -0.326 e. The van der Waals surface area contributed by atoms with E-state index in [1.165, 1.54) is 0 Å². The fourth-order valence-electron chi connectivity index (χ4n) is 3.26. The van der Waals surface area contributed by atoms with E-state index in [1.54, 1.807) is 10.9 Å². The van der Waals surface area contributed by atoms with Gasteiger partial charge in [-0.3, -0.25) is 9.78 Å². The number of anilines is 2. The van der Waals surface area contributed by atoms with Crippen LogP contribution in [0.2, 0.25) is 0 Å². The van der Waals surface area contributed by atoms with E-state index in [0.29, 0.717) is 22.9 Å². The molecule has 136 valence electrons. The fourth-order valence-corrected chi connectivity index (χ4v) is 3.26. The Balaban J connectivity index is 1.75. The summed E-state index contributed by atoms with van der Waals surface area (Å²) in [6, 6.07) is 11.0. The van der Waals surface area contributed by atoms with Crippen LogP contribution in [0.25, 0.3) is 0 Å². The normalized spacial score (nSPS) is 15.9. The number of benzene rings is 1. The Hall–Kier alpha value is -3.55. The molecular formula is C19H19N7O. The van der Waals surface area contributed by atoms with Crippen LogP contribution in [0.3, 0.4) is 0 Å². The third-order valence-electron chi connectivity index (χ3n) is 4.56. The van der Waals surface area contributed by atoms with Gasteiger partial charge in [-0.05, 0) is 55.0 Å². The Kier molecular flexibility index (Phi) is 4.15. The van der Waals surface area contributed by atoms with Crippen molar-refractivity contribution >= 4 is 17.5 Å². The van der Waals surface area contributed by atoms with E-state index in [0.717, 1.165) is 16.8 Å². The third-order valence-corrected chi connectivity index (χ3v) is 4.56. The Morgan fingerprint density at radius 3 is 2.78 bits per heavy atom. The number of nitrogens with one attached hydrogen (secondary N) is 2. The van der Waals surface area contributed by atoms with E-state index in [4.69, 9.17) is 0 Å². The first-order chi connectivity index (χ1) is 13.0. The molecule has 3 heterocycles. The number of amides is 1. The molecule has 8 nitrogen and oxygen atoms in total. The number of tetrazole rings is 1. The minimum atomic E-state index is -0.511. The highest BCUT2D eigenvalue weighted by molar-refractivity contribution is 6.06. The number of pyridine rings is 1. The number of carbonyl (C=O) groups excluding carboxylic acids is 1. The number of aryl methyl sites for hydroxylation is 2. The van der Waals surface area contributed by atoms with Gasteiger partial charge in [0.05, 0.1) is 11.3 Å². The van der Waals surface area contributed by atoms with Gasteiger partial charge in [0, 0.05) is 17.6 Å². The second-order valence-electron chi connectivity index (χ2n) is 6.54. The zero-order valence-electron chi connectivity index (χ0n) is 15.3. The smallest absolute Gasteiger partial charge is 0.255 e. The van der Waals surface area contributed by atoms with Gasteiger partial charge in [-0.15, -0.1) is 0 Å². The van der Waals surface area contributed by atoms with E-state index in [-0.39, 0.29) is 5.91 Å². The summed E-state index contributed by atoms with van der Waals surface area (Å²) in [7, 11) is 0. The van der Waals surface area contributed by atoms with Crippen LogP contribution in [0.4, 0.5) is 11.6 Å². The van der Waals surface area contributed by atoms with Crippen molar-refractivity contribution in [2.24, 2.45) is 0 Å². The summed E-state index contributed by atoms with van der Waals surface area (Å²) in [5.41, 5.74) is 4.82. The van der Waals surface area contributed by atoms with Gasteiger partial charge in [0.25, 0.3) is 5.91 Å². The molecule has 0 spiro atoms. The maximum Gasteiger partial charge on any atom is 0.255 e. The highest BCUT2D eigenvalue weighted by Crippen LogP contribution is 2.34. The molecule has 0 bridgehead atoms. The maximum atomic E-state index is 13.2. The number of hydrogen-bond donors (Lipinski definition) is 2. The average Bonchev–Trinajstić information content (AvgIpc) is 3.11. The van der Waals surface area contributed by atoms with Gasteiger partial charge < -0.3 is 10.6 Å². The maximum absolute atomic E-state index is 13.2. The first-order valence-electron chi connectivity index (χ1n) is 8.60. The van der Waals surface area contributed by atoms with Crippen molar-refractivity contribution in [2.75, 3.05) is 10.6 Å². The van der Waals surface area contributed by atoms with Gasteiger partial charge in [0.1, 0.15) is 6.04 Å². The molecule has 2 aromatic heterocycles. The van der Waals surface area contributed by atoms with Crippen molar-refractivity contribution < 1.29 is 4.79 Å². The molecule has 1 aliphatic heterocycles. The van der Waals surface area contributed by atoms with Gasteiger partial charge in [0.15, 0.2) is 0 Å². The largest absolute Gasteiger partial charge is 0.326 e. The van der Waals surface area contributed by atoms with E-state index in [2.05, 4.69) is 31.1 Å². The predicted molar refractivity (Wildman–Crippen MR) is 101 cm³/mol. The van der Waals surface area contributed by atoms with Crippen molar-refractivity contribution in [1.82, 2.24) is 25.2 Å². The van der Waals surface area contributed by atoms with E-state index >= 15 is 0 Å². The van der Waals surface area contributed by atoms with E-state index < -0.39 is 6.04 Å². The molecule has 1 atom stereocenters. The second kappa shape index (κ2) is 6.64. The van der Waals surface area contributed by atoms with Crippen LogP contribution < -0.4 is 10.6 Å². The van der Waals surface area contributed by atoms with Crippen molar-refractivity contribution in [3.63, 3.8) is 0 Å². The molecule has 8 heteroatoms. The summed E-state index contributed by atoms with van der Waals surface area (Å²) < 4.78 is 1.58. The average molecular weight is 361 g/mol. The lowest BCUT2D eigenvalue weighted by Gasteiger charge is -2.27. The predicted octanol–water partition coefficient (Wildman–Crippen LogP) is 2.61. The number of allylic oxidation sites excluding steroid dienone is 1. The summed E-state index contributed by atoms with van der Waals surface area (Å²) >= 11 is 0. The molecule has 0 aliphatic carbocycles. The Morgan fingerprint density at radius 2 is 2.04 bits per heavy atom. The lowest BCUT2D eigenvalue weighted by Crippen LogP contribution is -2.32. The molecule has 1 aliphatic rings. The Morgan fingerprint density at radius 1 is 1.19 bits per heavy atom. The molecule has 2 N–H and O–H groups in total. The van der Waals surface area contributed by atoms with E-state index in [1.807, 2.05) is 57.2 Å². The number of nitrogens with zero attached hydrogens (tertiary/aromatic N) is 5. The van der Waals surface area contributed by atoms with Crippen molar-refractivity contribution in [2.45, 2.75) is 26.8 Å². The van der Waals surface area contributed by atoms with Crippen molar-refractivity contribution in [3.05, 3.63) is 70.7 Å². The summed E-state index contributed by atoms with van der Waals surface area (Å²) in [6.45, 7) is 5.83. The van der Waals surface area contributed by atoms with Crippen LogP contribution in [-0.2, 0) is 4.79 Å². The van der Waals surface area contributed by atoms with Gasteiger partial charge >= 0.3 is 0 Å². The lowest BCUT2D eigenvalue weighted by molar-refractivity contribution is -0.113. The molecule has 0 saturated carbocycles. The highest BCUT2D eigenvalue weighted by Gasteiger charge is 2.34. The number of hydrogen-bond acceptors (Lipinski definition) is 6. The molecule has 27 heavy (non-hydrogen) atoms. The molecule has 0 saturated heterocycles. The zero-order chi connectivity index (χ0) is 19.0. The molecule has 3 aromatic rings. The standard InChI is InChI=1S/C19H19N7O/c1-11-7-8-14(12(2)10-11)22-18(27)16-13(3)21-19-23-24-25-26(19)17(16)15-6-4-5-9-20-15/h4-10,17H,1-3H3,(H,22,27)(H,21,23,25). The van der Waals surface area contributed by atoms with Crippen LogP contribution in [-0.4, -0.2) is 31.1 Å². The van der Waals surface area contributed by atoms with Crippen LogP contribution in [0, 0.1) is 13.8 Å². The van der Waals surface area contributed by atoms with E-state index in [9.17, 15) is 4.79 Å². The second-order valence-corrected chi connectivity index (χ2v) is 6.54. The summed E-state index contributed by atoms with van der Waals surface area (Å²) in [4.78, 5) is 17.6. The van der Waals surface area contributed by atoms with Crippen LogP contribution >= 0.6 is 0 Å². The SMILES string of the molecule is CC1=C(C(=O)Nc2ccc(C)cc2C)C(c2ccccn2)n2nnnc2N1. The zero-order valence-corrected chi connectivity index (χ0v) is 15.3. The monoisotopic (exact) mass is 361 g/mol. The summed E-state index contributed by atoms with van der Waals surface area (Å²) in [5.74, 6) is 0.259. The van der Waals surface area contributed by atoms with Gasteiger partial charge in [-0.1, -0.05) is 28.9 Å². The van der Waals surface area contributed by atoms with Crippen LogP contribution in [0.1, 0.15) is 29.8 Å². The molecule has 4 rings (SSSR count). The first kappa shape index (κ1) is 16.9. The van der Waals surface area contributed by atoms with Gasteiger partial charge in [-0.25, -0.2) is 0 Å². The van der Waals surface area contributed by atoms with Crippen LogP contribution in [0.15, 0.2) is 53.9 Å². The Labute approximate surface area is 156 Å². The molecule has 0 fully saturated rings. The number of fused-ring (bicyclic) bond motifs is 1. The van der Waals surface area contributed by atoms with Crippen molar-refractivity contribution in [1.29, 1.82) is 0 Å². The minimum absolute atomic E-state index is 0.219. The molecule has 0 radical (unpaired) electrons. The van der Waals surface area contributed by atoms with Gasteiger partial charge in [-0.2, -0.15) is 4.68 Å². The molecule has 1 unspecified atom stereocenters. The molecule has 1 aromatic carbocycles. The fraction of sp³-hybridized carbons (Fsp3) is 0.211. The quantitative estimate of drug-likeness (QED) is 0.744. The Bertz CT molecular complexity index is 1040. The molecule has 1 amide bonds. The number of aromatic nitrogens is 5. The summed E-state index contributed by atoms with van der Waals surface area (Å²) in [5, 5.41) is 17.9. The highest BCUT2D eigenvalue weighted by atomic mass is 16.1. The molecular weight excluding hydrogens is 342 g/mol. The number of rotatable bonds is 3. The number of carbonyl (C=O) groups is 1. The summed E-state index contributed by atoms with van der Waals surface area (Å²) in [6.07, 6.45) is 1.69. The first-order valence-corrected chi connectivity index (χ1v) is 8.60. The van der Waals surface area contributed by atoms with Crippen LogP contribution in [0.5, 0.6) is 0 Å². The lowest BCUT2D eigenvalue weighted by atomic mass is 9.98. The topological polar surface area (TPSA) is 97.6 Å².